The van der Waals surface area contributed by atoms with Crippen molar-refractivity contribution in [1.29, 1.82) is 0 Å². The van der Waals surface area contributed by atoms with E-state index >= 15 is 0 Å². The Bertz CT molecular complexity index is 613. The number of benzene rings is 2. The zero-order valence-corrected chi connectivity index (χ0v) is 14.2. The van der Waals surface area contributed by atoms with E-state index in [4.69, 9.17) is 11.6 Å². The van der Waals surface area contributed by atoms with E-state index in [-0.39, 0.29) is 5.91 Å². The van der Waals surface area contributed by atoms with Gasteiger partial charge in [0.05, 0.1) is 5.75 Å². The fourth-order valence-corrected chi connectivity index (χ4v) is 3.00. The molecule has 0 unspecified atom stereocenters. The molecule has 0 radical (unpaired) electrons. The Morgan fingerprint density at radius 2 is 1.86 bits per heavy atom. The molecule has 22 heavy (non-hydrogen) atoms. The summed E-state index contributed by atoms with van der Waals surface area (Å²) in [7, 11) is 0. The van der Waals surface area contributed by atoms with Gasteiger partial charge in [-0.2, -0.15) is 0 Å². The van der Waals surface area contributed by atoms with Crippen LogP contribution in [0.4, 0.5) is 0 Å². The zero-order valence-electron chi connectivity index (χ0n) is 12.6. The summed E-state index contributed by atoms with van der Waals surface area (Å²) in [5.41, 5.74) is 2.36. The maximum Gasteiger partial charge on any atom is 0.230 e. The normalized spacial score (nSPS) is 10.5. The number of amides is 1. The molecule has 2 nitrogen and oxygen atoms in total. The number of hydrogen-bond acceptors (Lipinski definition) is 2. The molecule has 0 heterocycles. The first-order valence-electron chi connectivity index (χ1n) is 7.35. The van der Waals surface area contributed by atoms with Crippen LogP contribution in [0.3, 0.4) is 0 Å². The summed E-state index contributed by atoms with van der Waals surface area (Å²) in [6.07, 6.45) is 1.77. The maximum absolute atomic E-state index is 11.8. The van der Waals surface area contributed by atoms with Gasteiger partial charge in [-0.15, -0.1) is 11.8 Å². The van der Waals surface area contributed by atoms with Crippen LogP contribution in [0.15, 0.2) is 53.4 Å². The quantitative estimate of drug-likeness (QED) is 0.597. The highest BCUT2D eigenvalue weighted by molar-refractivity contribution is 8.00. The van der Waals surface area contributed by atoms with Crippen LogP contribution in [-0.4, -0.2) is 18.2 Å². The van der Waals surface area contributed by atoms with E-state index in [9.17, 15) is 4.79 Å². The molecule has 0 aromatic heterocycles. The van der Waals surface area contributed by atoms with Gasteiger partial charge in [-0.3, -0.25) is 4.79 Å². The van der Waals surface area contributed by atoms with Crippen molar-refractivity contribution in [3.8, 4) is 0 Å². The van der Waals surface area contributed by atoms with Crippen molar-refractivity contribution < 1.29 is 4.79 Å². The van der Waals surface area contributed by atoms with Gasteiger partial charge in [0.1, 0.15) is 0 Å². The van der Waals surface area contributed by atoms with E-state index in [0.29, 0.717) is 12.3 Å². The topological polar surface area (TPSA) is 29.1 Å². The molecule has 0 spiro atoms. The van der Waals surface area contributed by atoms with Gasteiger partial charge < -0.3 is 5.32 Å². The Morgan fingerprint density at radius 1 is 1.14 bits per heavy atom. The number of hydrogen-bond donors (Lipinski definition) is 1. The predicted molar refractivity (Wildman–Crippen MR) is 94.7 cm³/mol. The van der Waals surface area contributed by atoms with Gasteiger partial charge in [0.15, 0.2) is 0 Å². The molecule has 116 valence electrons. The van der Waals surface area contributed by atoms with Gasteiger partial charge >= 0.3 is 0 Å². The van der Waals surface area contributed by atoms with Crippen molar-refractivity contribution in [2.24, 2.45) is 0 Å². The predicted octanol–water partition coefficient (Wildman–Crippen LogP) is 4.49. The van der Waals surface area contributed by atoms with Crippen LogP contribution in [-0.2, 0) is 11.2 Å². The summed E-state index contributed by atoms with van der Waals surface area (Å²) in [5, 5.41) is 3.75. The molecule has 1 N–H and O–H groups in total. The molecular weight excluding hydrogens is 314 g/mol. The molecule has 0 bridgehead atoms. The SMILES string of the molecule is Cc1ccc(SCC(=O)NCCCc2ccccc2Cl)cc1. The highest BCUT2D eigenvalue weighted by Crippen LogP contribution is 2.18. The van der Waals surface area contributed by atoms with Crippen LogP contribution in [0.25, 0.3) is 0 Å². The summed E-state index contributed by atoms with van der Waals surface area (Å²) in [4.78, 5) is 12.9. The first-order valence-corrected chi connectivity index (χ1v) is 8.71. The molecule has 0 saturated heterocycles. The Morgan fingerprint density at radius 3 is 2.59 bits per heavy atom. The molecule has 0 fully saturated rings. The van der Waals surface area contributed by atoms with Crippen LogP contribution in [0.1, 0.15) is 17.5 Å². The van der Waals surface area contributed by atoms with Crippen molar-refractivity contribution in [3.05, 3.63) is 64.7 Å². The molecule has 1 amide bonds. The molecule has 4 heteroatoms. The lowest BCUT2D eigenvalue weighted by Crippen LogP contribution is -2.26. The summed E-state index contributed by atoms with van der Waals surface area (Å²) in [6, 6.07) is 16.0. The van der Waals surface area contributed by atoms with Crippen molar-refractivity contribution in [2.75, 3.05) is 12.3 Å². The summed E-state index contributed by atoms with van der Waals surface area (Å²) >= 11 is 7.66. The third-order valence-electron chi connectivity index (χ3n) is 3.29. The van der Waals surface area contributed by atoms with Crippen LogP contribution < -0.4 is 5.32 Å². The summed E-state index contributed by atoms with van der Waals surface area (Å²) in [6.45, 7) is 2.73. The molecule has 2 aromatic carbocycles. The van der Waals surface area contributed by atoms with Crippen molar-refractivity contribution in [3.63, 3.8) is 0 Å². The lowest BCUT2D eigenvalue weighted by molar-refractivity contribution is -0.118. The maximum atomic E-state index is 11.8. The second-order valence-corrected chi connectivity index (χ2v) is 6.60. The average Bonchev–Trinajstić information content (AvgIpc) is 2.52. The Hall–Kier alpha value is -1.45. The van der Waals surface area contributed by atoms with E-state index in [1.54, 1.807) is 11.8 Å². The van der Waals surface area contributed by atoms with Gasteiger partial charge in [0.25, 0.3) is 0 Å². The van der Waals surface area contributed by atoms with E-state index in [2.05, 4.69) is 24.4 Å². The van der Waals surface area contributed by atoms with Gasteiger partial charge in [-0.1, -0.05) is 47.5 Å². The van der Waals surface area contributed by atoms with Crippen LogP contribution in [0.5, 0.6) is 0 Å². The second kappa shape index (κ2) is 8.86. The number of aryl methyl sites for hydroxylation is 2. The second-order valence-electron chi connectivity index (χ2n) is 5.15. The van der Waals surface area contributed by atoms with E-state index in [0.717, 1.165) is 28.3 Å². The van der Waals surface area contributed by atoms with Gasteiger partial charge in [-0.05, 0) is 43.5 Å². The van der Waals surface area contributed by atoms with E-state index in [1.807, 2.05) is 36.4 Å². The van der Waals surface area contributed by atoms with Crippen LogP contribution in [0.2, 0.25) is 5.02 Å². The summed E-state index contributed by atoms with van der Waals surface area (Å²) < 4.78 is 0. The fraction of sp³-hybridized carbons (Fsp3) is 0.278. The first-order chi connectivity index (χ1) is 10.6. The van der Waals surface area contributed by atoms with E-state index in [1.165, 1.54) is 5.56 Å². The number of nitrogens with one attached hydrogen (secondary N) is 1. The van der Waals surface area contributed by atoms with Gasteiger partial charge in [0, 0.05) is 16.5 Å². The minimum absolute atomic E-state index is 0.0738. The first kappa shape index (κ1) is 16.9. The van der Waals surface area contributed by atoms with Crippen molar-refractivity contribution in [2.45, 2.75) is 24.7 Å². The highest BCUT2D eigenvalue weighted by atomic mass is 35.5. The molecule has 0 aliphatic heterocycles. The molecular formula is C18H20ClNOS. The number of rotatable bonds is 7. The lowest BCUT2D eigenvalue weighted by atomic mass is 10.1. The Kier molecular flexibility index (Phi) is 6.81. The molecule has 0 atom stereocenters. The molecule has 2 rings (SSSR count). The minimum atomic E-state index is 0.0738. The minimum Gasteiger partial charge on any atom is -0.355 e. The zero-order chi connectivity index (χ0) is 15.8. The van der Waals surface area contributed by atoms with E-state index < -0.39 is 0 Å². The average molecular weight is 334 g/mol. The Balaban J connectivity index is 1.64. The van der Waals surface area contributed by atoms with Gasteiger partial charge in [-0.25, -0.2) is 0 Å². The number of halogens is 1. The summed E-state index contributed by atoms with van der Waals surface area (Å²) in [5.74, 6) is 0.527. The van der Waals surface area contributed by atoms with Crippen LogP contribution in [0, 0.1) is 6.92 Å². The monoisotopic (exact) mass is 333 g/mol. The molecule has 2 aromatic rings. The van der Waals surface area contributed by atoms with Gasteiger partial charge in [0.2, 0.25) is 5.91 Å². The standard InChI is InChI=1S/C18H20ClNOS/c1-14-8-10-16(11-9-14)22-13-18(21)20-12-4-6-15-5-2-3-7-17(15)19/h2-3,5,7-11H,4,6,12-13H2,1H3,(H,20,21). The van der Waals surface area contributed by atoms with Crippen molar-refractivity contribution in [1.82, 2.24) is 5.32 Å². The third kappa shape index (κ3) is 5.74. The van der Waals surface area contributed by atoms with Crippen molar-refractivity contribution >= 4 is 29.3 Å². The molecule has 0 aliphatic rings. The highest BCUT2D eigenvalue weighted by Gasteiger charge is 2.03. The smallest absolute Gasteiger partial charge is 0.230 e. The Labute approximate surface area is 141 Å². The third-order valence-corrected chi connectivity index (χ3v) is 4.67. The molecule has 0 saturated carbocycles. The molecule has 0 aliphatic carbocycles. The number of carbonyl (C=O) groups is 1. The fourth-order valence-electron chi connectivity index (χ4n) is 2.04. The lowest BCUT2D eigenvalue weighted by Gasteiger charge is -2.06. The number of thioether (sulfide) groups is 1. The number of carbonyl (C=O) groups excluding carboxylic acids is 1. The van der Waals surface area contributed by atoms with Crippen LogP contribution >= 0.6 is 23.4 Å². The largest absolute Gasteiger partial charge is 0.355 e.